The second-order valence-electron chi connectivity index (χ2n) is 7.39. The number of hydrogen-bond acceptors (Lipinski definition) is 7. The Morgan fingerprint density at radius 2 is 1.87 bits per heavy atom. The molecule has 2 aliphatic heterocycles. The lowest BCUT2D eigenvalue weighted by atomic mass is 10.1. The predicted octanol–water partition coefficient (Wildman–Crippen LogP) is 4.45. The molecule has 0 atom stereocenters. The highest BCUT2D eigenvalue weighted by Crippen LogP contribution is 2.38. The van der Waals surface area contributed by atoms with Crippen LogP contribution in [0.1, 0.15) is 16.7 Å². The highest BCUT2D eigenvalue weighted by atomic mass is 32.2. The maximum Gasteiger partial charge on any atom is 0.293 e. The monoisotopic (exact) mass is 455 g/mol. The molecule has 31 heavy (non-hydrogen) atoms. The van der Waals surface area contributed by atoms with Crippen molar-refractivity contribution in [3.05, 3.63) is 68.1 Å². The van der Waals surface area contributed by atoms with E-state index in [0.717, 1.165) is 16.8 Å². The van der Waals surface area contributed by atoms with Gasteiger partial charge in [-0.25, -0.2) is 0 Å². The van der Waals surface area contributed by atoms with E-state index in [1.807, 2.05) is 36.9 Å². The first kappa shape index (κ1) is 21.5. The number of thioether (sulfide) groups is 1. The molecule has 0 unspecified atom stereocenters. The number of anilines is 2. The third kappa shape index (κ3) is 4.34. The molecular weight excluding hydrogens is 434 g/mol. The first-order valence-corrected chi connectivity index (χ1v) is 11.0. The Kier molecular flexibility index (Phi) is 6.08. The number of thiocarbonyl (C=S) groups is 1. The van der Waals surface area contributed by atoms with Crippen molar-refractivity contribution in [2.45, 2.75) is 13.8 Å². The van der Waals surface area contributed by atoms with E-state index in [2.05, 4.69) is 0 Å². The molecule has 2 aliphatic rings. The van der Waals surface area contributed by atoms with Crippen LogP contribution in [0.3, 0.4) is 0 Å². The standard InChI is InChI=1S/C22H21N3O4S2/c1-14-3-5-17(11-15(14)2)24-21(26)20(31-22(24)30)13-16-4-6-18(19(12-16)25(27)28)23-7-9-29-10-8-23/h3-6,11-13H,7-10H2,1-2H3/b20-13-. The van der Waals surface area contributed by atoms with Crippen LogP contribution in [-0.4, -0.2) is 41.5 Å². The lowest BCUT2D eigenvalue weighted by Gasteiger charge is -2.28. The number of ether oxygens (including phenoxy) is 1. The Labute approximate surface area is 189 Å². The first-order chi connectivity index (χ1) is 14.8. The minimum absolute atomic E-state index is 0.0142. The minimum Gasteiger partial charge on any atom is -0.378 e. The highest BCUT2D eigenvalue weighted by molar-refractivity contribution is 8.27. The maximum absolute atomic E-state index is 13.0. The number of aryl methyl sites for hydroxylation is 2. The number of benzene rings is 2. The topological polar surface area (TPSA) is 75.9 Å². The number of hydrogen-bond donors (Lipinski definition) is 0. The second kappa shape index (κ2) is 8.78. The van der Waals surface area contributed by atoms with Gasteiger partial charge in [0.25, 0.3) is 11.6 Å². The van der Waals surface area contributed by atoms with Gasteiger partial charge in [0.15, 0.2) is 4.32 Å². The van der Waals surface area contributed by atoms with Gasteiger partial charge < -0.3 is 9.64 Å². The third-order valence-electron chi connectivity index (χ3n) is 5.39. The van der Waals surface area contributed by atoms with Crippen LogP contribution in [0.25, 0.3) is 6.08 Å². The van der Waals surface area contributed by atoms with Crippen molar-refractivity contribution in [3.8, 4) is 0 Å². The van der Waals surface area contributed by atoms with Crippen molar-refractivity contribution in [2.75, 3.05) is 36.1 Å². The lowest BCUT2D eigenvalue weighted by Crippen LogP contribution is -2.36. The molecule has 0 N–H and O–H groups in total. The number of nitro groups is 1. The highest BCUT2D eigenvalue weighted by Gasteiger charge is 2.33. The van der Waals surface area contributed by atoms with Gasteiger partial charge in [0.05, 0.1) is 28.7 Å². The molecule has 0 aliphatic carbocycles. The van der Waals surface area contributed by atoms with E-state index in [4.69, 9.17) is 17.0 Å². The smallest absolute Gasteiger partial charge is 0.293 e. The molecule has 1 amide bonds. The molecule has 4 rings (SSSR count). The van der Waals surface area contributed by atoms with Gasteiger partial charge in [-0.2, -0.15) is 0 Å². The Hall–Kier alpha value is -2.75. The molecule has 2 saturated heterocycles. The Balaban J connectivity index is 1.64. The first-order valence-electron chi connectivity index (χ1n) is 9.81. The minimum atomic E-state index is -0.386. The summed E-state index contributed by atoms with van der Waals surface area (Å²) in [4.78, 5) is 28.2. The third-order valence-corrected chi connectivity index (χ3v) is 6.69. The van der Waals surface area contributed by atoms with Crippen LogP contribution in [0.5, 0.6) is 0 Å². The largest absolute Gasteiger partial charge is 0.378 e. The van der Waals surface area contributed by atoms with Crippen molar-refractivity contribution in [3.63, 3.8) is 0 Å². The fraction of sp³-hybridized carbons (Fsp3) is 0.273. The average molecular weight is 456 g/mol. The van der Waals surface area contributed by atoms with Gasteiger partial charge in [0, 0.05) is 19.2 Å². The molecule has 2 fully saturated rings. The number of morpholine rings is 1. The molecule has 0 saturated carbocycles. The quantitative estimate of drug-likeness (QED) is 0.292. The van der Waals surface area contributed by atoms with E-state index < -0.39 is 0 Å². The van der Waals surface area contributed by atoms with Gasteiger partial charge in [-0.1, -0.05) is 36.1 Å². The van der Waals surface area contributed by atoms with E-state index in [1.165, 1.54) is 22.7 Å². The molecule has 2 aromatic rings. The zero-order valence-corrected chi connectivity index (χ0v) is 18.8. The van der Waals surface area contributed by atoms with Crippen LogP contribution >= 0.6 is 24.0 Å². The molecule has 0 bridgehead atoms. The zero-order chi connectivity index (χ0) is 22.1. The van der Waals surface area contributed by atoms with Crippen molar-refractivity contribution < 1.29 is 14.5 Å². The summed E-state index contributed by atoms with van der Waals surface area (Å²) in [6, 6.07) is 10.8. The lowest BCUT2D eigenvalue weighted by molar-refractivity contribution is -0.384. The number of nitrogens with zero attached hydrogens (tertiary/aromatic N) is 3. The van der Waals surface area contributed by atoms with E-state index in [0.29, 0.717) is 46.8 Å². The summed E-state index contributed by atoms with van der Waals surface area (Å²) in [5.74, 6) is -0.224. The van der Waals surface area contributed by atoms with Crippen LogP contribution in [-0.2, 0) is 9.53 Å². The van der Waals surface area contributed by atoms with Crippen molar-refractivity contribution in [1.82, 2.24) is 0 Å². The van der Waals surface area contributed by atoms with E-state index in [1.54, 1.807) is 18.2 Å². The van der Waals surface area contributed by atoms with Crippen LogP contribution in [0.15, 0.2) is 41.3 Å². The summed E-state index contributed by atoms with van der Waals surface area (Å²) in [6.07, 6.45) is 1.66. The Bertz CT molecular complexity index is 1110. The van der Waals surface area contributed by atoms with E-state index >= 15 is 0 Å². The molecule has 7 nitrogen and oxygen atoms in total. The Morgan fingerprint density at radius 1 is 1.13 bits per heavy atom. The molecule has 2 heterocycles. The van der Waals surface area contributed by atoms with Crippen LogP contribution in [0, 0.1) is 24.0 Å². The number of amides is 1. The fourth-order valence-corrected chi connectivity index (χ4v) is 4.85. The summed E-state index contributed by atoms with van der Waals surface area (Å²) in [6.45, 7) is 6.29. The molecule has 0 radical (unpaired) electrons. The molecular formula is C22H21N3O4S2. The van der Waals surface area contributed by atoms with E-state index in [-0.39, 0.29) is 16.5 Å². The molecule has 0 spiro atoms. The molecule has 2 aromatic carbocycles. The summed E-state index contributed by atoms with van der Waals surface area (Å²) in [7, 11) is 0. The van der Waals surface area contributed by atoms with Crippen LogP contribution in [0.2, 0.25) is 0 Å². The summed E-state index contributed by atoms with van der Waals surface area (Å²) < 4.78 is 5.78. The number of carbonyl (C=O) groups is 1. The fourth-order valence-electron chi connectivity index (χ4n) is 3.55. The van der Waals surface area contributed by atoms with Crippen molar-refractivity contribution >= 4 is 57.3 Å². The van der Waals surface area contributed by atoms with Gasteiger partial charge in [-0.3, -0.25) is 19.8 Å². The maximum atomic E-state index is 13.0. The molecule has 0 aromatic heterocycles. The number of nitro benzene ring substituents is 1. The summed E-state index contributed by atoms with van der Waals surface area (Å²) >= 11 is 6.64. The van der Waals surface area contributed by atoms with Crippen molar-refractivity contribution in [1.29, 1.82) is 0 Å². The van der Waals surface area contributed by atoms with E-state index in [9.17, 15) is 14.9 Å². The molecule has 160 valence electrons. The van der Waals surface area contributed by atoms with Crippen molar-refractivity contribution in [2.24, 2.45) is 0 Å². The van der Waals surface area contributed by atoms with Gasteiger partial charge in [0.1, 0.15) is 5.69 Å². The number of rotatable bonds is 4. The summed E-state index contributed by atoms with van der Waals surface area (Å²) in [5, 5.41) is 11.7. The van der Waals surface area contributed by atoms with Gasteiger partial charge in [0.2, 0.25) is 0 Å². The SMILES string of the molecule is Cc1ccc(N2C(=O)/C(=C/c3ccc(N4CCOCC4)c([N+](=O)[O-])c3)SC2=S)cc1C. The normalized spacial score (nSPS) is 18.2. The predicted molar refractivity (Wildman–Crippen MR) is 128 cm³/mol. The summed E-state index contributed by atoms with van der Waals surface area (Å²) in [5.41, 5.74) is 4.10. The van der Waals surface area contributed by atoms with Gasteiger partial charge >= 0.3 is 0 Å². The van der Waals surface area contributed by atoms with Crippen LogP contribution in [0.4, 0.5) is 17.1 Å². The van der Waals surface area contributed by atoms with Gasteiger partial charge in [-0.15, -0.1) is 0 Å². The Morgan fingerprint density at radius 3 is 2.55 bits per heavy atom. The zero-order valence-electron chi connectivity index (χ0n) is 17.2. The van der Waals surface area contributed by atoms with Gasteiger partial charge in [-0.05, 0) is 54.8 Å². The molecule has 9 heteroatoms. The number of carbonyl (C=O) groups excluding carboxylic acids is 1. The van der Waals surface area contributed by atoms with Crippen LogP contribution < -0.4 is 9.80 Å². The average Bonchev–Trinajstić information content (AvgIpc) is 3.03. The second-order valence-corrected chi connectivity index (χ2v) is 9.07.